The first kappa shape index (κ1) is 17.4. The van der Waals surface area contributed by atoms with Crippen molar-refractivity contribution in [3.8, 4) is 23.0 Å². The molecule has 0 aliphatic heterocycles. The summed E-state index contributed by atoms with van der Waals surface area (Å²) < 4.78 is 16.9. The molecule has 0 unspecified atom stereocenters. The third kappa shape index (κ3) is 4.54. The number of nitrogens with zero attached hydrogens (tertiary/aromatic N) is 2. The monoisotopic (exact) mass is 356 g/mol. The molecule has 0 aliphatic rings. The molecular formula is C19H20N2O3S. The minimum atomic E-state index is 0.570. The lowest BCUT2D eigenvalue weighted by atomic mass is 10.2. The van der Waals surface area contributed by atoms with Gasteiger partial charge in [-0.2, -0.15) is 0 Å². The second-order valence-electron chi connectivity index (χ2n) is 5.13. The van der Waals surface area contributed by atoms with Gasteiger partial charge in [-0.05, 0) is 44.2 Å². The maximum absolute atomic E-state index is 5.66. The van der Waals surface area contributed by atoms with Crippen LogP contribution >= 0.6 is 11.8 Å². The number of hydrogen-bond acceptors (Lipinski definition) is 6. The maximum atomic E-state index is 5.66. The first-order valence-electron chi connectivity index (χ1n) is 8.18. The van der Waals surface area contributed by atoms with Crippen LogP contribution in [0.15, 0.2) is 58.3 Å². The lowest BCUT2D eigenvalue weighted by Gasteiger charge is -2.11. The third-order valence-electron chi connectivity index (χ3n) is 3.35. The summed E-state index contributed by atoms with van der Waals surface area (Å²) >= 11 is 1.62. The van der Waals surface area contributed by atoms with Crippen molar-refractivity contribution in [2.75, 3.05) is 13.2 Å². The van der Waals surface area contributed by atoms with Crippen LogP contribution in [0.3, 0.4) is 0 Å². The third-order valence-corrected chi connectivity index (χ3v) is 4.33. The number of rotatable bonds is 8. The van der Waals surface area contributed by atoms with Crippen molar-refractivity contribution >= 4 is 11.8 Å². The van der Waals surface area contributed by atoms with Gasteiger partial charge in [-0.25, -0.2) is 9.97 Å². The van der Waals surface area contributed by atoms with Crippen molar-refractivity contribution in [1.82, 2.24) is 9.97 Å². The summed E-state index contributed by atoms with van der Waals surface area (Å²) in [6.45, 7) is 5.05. The molecule has 3 aromatic rings. The Hall–Kier alpha value is -2.47. The quantitative estimate of drug-likeness (QED) is 0.539. The molecule has 0 N–H and O–H groups in total. The molecular weight excluding hydrogens is 336 g/mol. The van der Waals surface area contributed by atoms with E-state index in [-0.39, 0.29) is 0 Å². The van der Waals surface area contributed by atoms with E-state index in [2.05, 4.69) is 9.97 Å². The van der Waals surface area contributed by atoms with E-state index in [1.54, 1.807) is 24.2 Å². The number of oxazole rings is 1. The van der Waals surface area contributed by atoms with Crippen molar-refractivity contribution < 1.29 is 13.9 Å². The Kier molecular flexibility index (Phi) is 5.95. The average Bonchev–Trinajstić information content (AvgIpc) is 3.12. The normalized spacial score (nSPS) is 10.6. The molecule has 0 spiro atoms. The molecule has 1 aromatic carbocycles. The van der Waals surface area contributed by atoms with Gasteiger partial charge < -0.3 is 13.9 Å². The van der Waals surface area contributed by atoms with Crippen molar-refractivity contribution in [2.45, 2.75) is 24.6 Å². The number of thioether (sulfide) groups is 1. The standard InChI is InChI=1S/C19H20N2O3S/c1-3-22-16-9-8-14(11-17(16)23-4-2)19-21-15(12-24-19)13-25-18-7-5-6-10-20-18/h5-12H,3-4,13H2,1-2H3. The molecule has 0 amide bonds. The van der Waals surface area contributed by atoms with Gasteiger partial charge in [0.15, 0.2) is 11.5 Å². The zero-order valence-corrected chi connectivity index (χ0v) is 15.1. The predicted molar refractivity (Wildman–Crippen MR) is 98.1 cm³/mol. The second kappa shape index (κ2) is 8.58. The summed E-state index contributed by atoms with van der Waals surface area (Å²) in [5, 5.41) is 0.965. The Morgan fingerprint density at radius 1 is 1.04 bits per heavy atom. The summed E-state index contributed by atoms with van der Waals surface area (Å²) in [6.07, 6.45) is 3.47. The minimum Gasteiger partial charge on any atom is -0.490 e. The Labute approximate surface area is 151 Å². The van der Waals surface area contributed by atoms with Crippen LogP contribution in [-0.2, 0) is 5.75 Å². The SMILES string of the molecule is CCOc1ccc(-c2nc(CSc3ccccn3)co2)cc1OCC. The van der Waals surface area contributed by atoms with E-state index in [1.165, 1.54) is 0 Å². The highest BCUT2D eigenvalue weighted by Gasteiger charge is 2.12. The van der Waals surface area contributed by atoms with Crippen LogP contribution in [0.4, 0.5) is 0 Å². The largest absolute Gasteiger partial charge is 0.490 e. The summed E-state index contributed by atoms with van der Waals surface area (Å²) in [5.74, 6) is 2.70. The van der Waals surface area contributed by atoms with E-state index in [0.717, 1.165) is 22.0 Å². The van der Waals surface area contributed by atoms with E-state index >= 15 is 0 Å². The van der Waals surface area contributed by atoms with Gasteiger partial charge in [0.05, 0.1) is 23.9 Å². The summed E-state index contributed by atoms with van der Waals surface area (Å²) in [4.78, 5) is 8.85. The van der Waals surface area contributed by atoms with E-state index in [0.29, 0.717) is 30.6 Å². The topological polar surface area (TPSA) is 57.4 Å². The van der Waals surface area contributed by atoms with Gasteiger partial charge in [0.2, 0.25) is 5.89 Å². The molecule has 5 nitrogen and oxygen atoms in total. The van der Waals surface area contributed by atoms with Gasteiger partial charge in [-0.1, -0.05) is 17.8 Å². The van der Waals surface area contributed by atoms with Crippen molar-refractivity contribution in [1.29, 1.82) is 0 Å². The van der Waals surface area contributed by atoms with Gasteiger partial charge >= 0.3 is 0 Å². The number of hydrogen-bond donors (Lipinski definition) is 0. The Bertz CT molecular complexity index is 805. The molecule has 0 bridgehead atoms. The fraction of sp³-hybridized carbons (Fsp3) is 0.263. The van der Waals surface area contributed by atoms with Gasteiger partial charge in [-0.3, -0.25) is 0 Å². The molecule has 0 fully saturated rings. The molecule has 3 rings (SSSR count). The lowest BCUT2D eigenvalue weighted by Crippen LogP contribution is -1.98. The molecule has 0 atom stereocenters. The molecule has 2 aromatic heterocycles. The molecule has 25 heavy (non-hydrogen) atoms. The van der Waals surface area contributed by atoms with Crippen LogP contribution in [0.25, 0.3) is 11.5 Å². The van der Waals surface area contributed by atoms with Gasteiger partial charge in [-0.15, -0.1) is 0 Å². The van der Waals surface area contributed by atoms with Crippen LogP contribution < -0.4 is 9.47 Å². The van der Waals surface area contributed by atoms with Crippen LogP contribution in [0.1, 0.15) is 19.5 Å². The first-order chi connectivity index (χ1) is 12.3. The predicted octanol–water partition coefficient (Wildman–Crippen LogP) is 4.83. The van der Waals surface area contributed by atoms with Gasteiger partial charge in [0.1, 0.15) is 6.26 Å². The van der Waals surface area contributed by atoms with Gasteiger partial charge in [0.25, 0.3) is 0 Å². The van der Waals surface area contributed by atoms with E-state index < -0.39 is 0 Å². The summed E-state index contributed by atoms with van der Waals surface area (Å²) in [6, 6.07) is 11.6. The average molecular weight is 356 g/mol. The Morgan fingerprint density at radius 3 is 2.64 bits per heavy atom. The summed E-state index contributed by atoms with van der Waals surface area (Å²) in [5.41, 5.74) is 1.73. The van der Waals surface area contributed by atoms with Crippen molar-refractivity contribution in [3.05, 3.63) is 54.6 Å². The molecule has 2 heterocycles. The molecule has 6 heteroatoms. The van der Waals surface area contributed by atoms with Crippen molar-refractivity contribution in [2.24, 2.45) is 0 Å². The molecule has 0 saturated heterocycles. The van der Waals surface area contributed by atoms with Crippen LogP contribution in [0.5, 0.6) is 11.5 Å². The fourth-order valence-corrected chi connectivity index (χ4v) is 3.01. The highest BCUT2D eigenvalue weighted by molar-refractivity contribution is 7.98. The maximum Gasteiger partial charge on any atom is 0.226 e. The minimum absolute atomic E-state index is 0.570. The van der Waals surface area contributed by atoms with E-state index in [1.807, 2.05) is 50.2 Å². The number of ether oxygens (including phenoxy) is 2. The smallest absolute Gasteiger partial charge is 0.226 e. The number of pyridine rings is 1. The Balaban J connectivity index is 1.74. The zero-order valence-electron chi connectivity index (χ0n) is 14.3. The van der Waals surface area contributed by atoms with Gasteiger partial charge in [0, 0.05) is 17.5 Å². The Morgan fingerprint density at radius 2 is 1.88 bits per heavy atom. The number of benzene rings is 1. The highest BCUT2D eigenvalue weighted by atomic mass is 32.2. The van der Waals surface area contributed by atoms with Crippen molar-refractivity contribution in [3.63, 3.8) is 0 Å². The molecule has 0 saturated carbocycles. The zero-order chi connectivity index (χ0) is 17.5. The van der Waals surface area contributed by atoms with Crippen LogP contribution in [-0.4, -0.2) is 23.2 Å². The van der Waals surface area contributed by atoms with Crippen LogP contribution in [0.2, 0.25) is 0 Å². The lowest BCUT2D eigenvalue weighted by molar-refractivity contribution is 0.288. The molecule has 0 aliphatic carbocycles. The van der Waals surface area contributed by atoms with E-state index in [4.69, 9.17) is 13.9 Å². The van der Waals surface area contributed by atoms with E-state index in [9.17, 15) is 0 Å². The fourth-order valence-electron chi connectivity index (χ4n) is 2.27. The van der Waals surface area contributed by atoms with Crippen LogP contribution in [0, 0.1) is 0 Å². The molecule has 0 radical (unpaired) electrons. The molecule has 130 valence electrons. The first-order valence-corrected chi connectivity index (χ1v) is 9.17. The summed E-state index contributed by atoms with van der Waals surface area (Å²) in [7, 11) is 0. The highest BCUT2D eigenvalue weighted by Crippen LogP contribution is 2.33. The number of aromatic nitrogens is 2. The second-order valence-corrected chi connectivity index (χ2v) is 6.12.